The van der Waals surface area contributed by atoms with Gasteiger partial charge < -0.3 is 0 Å². The summed E-state index contributed by atoms with van der Waals surface area (Å²) in [5, 5.41) is 2.26. The molecule has 1 atom stereocenters. The van der Waals surface area contributed by atoms with E-state index in [4.69, 9.17) is 0 Å². The summed E-state index contributed by atoms with van der Waals surface area (Å²) < 4.78 is 307. The number of hydrogen-bond acceptors (Lipinski definition) is 2. The average Bonchev–Trinajstić information content (AvgIpc) is 3.31. The molecule has 0 aliphatic heterocycles. The van der Waals surface area contributed by atoms with Gasteiger partial charge in [0.15, 0.2) is 82.2 Å². The zero-order chi connectivity index (χ0) is 49.9. The van der Waals surface area contributed by atoms with Crippen molar-refractivity contribution in [2.24, 2.45) is 0 Å². The molecular formula is C42H16BF20NO2S. The van der Waals surface area contributed by atoms with Crippen LogP contribution in [0.15, 0.2) is 71.9 Å². The Hall–Kier alpha value is -6.79. The second kappa shape index (κ2) is 18.5. The van der Waals surface area contributed by atoms with E-state index in [1.54, 1.807) is 30.5 Å². The summed E-state index contributed by atoms with van der Waals surface area (Å²) in [6.45, 7) is 0.291. The van der Waals surface area contributed by atoms with E-state index in [2.05, 4.69) is 0 Å². The van der Waals surface area contributed by atoms with Gasteiger partial charge in [-0.2, -0.15) is 4.57 Å². The molecule has 0 radical (unpaired) electrons. The monoisotopic (exact) mass is 989 g/mol. The molecular weight excluding hydrogens is 973 g/mol. The van der Waals surface area contributed by atoms with Gasteiger partial charge in [-0.3, -0.25) is 9.00 Å². The lowest BCUT2D eigenvalue weighted by Crippen LogP contribution is -2.81. The van der Waals surface area contributed by atoms with E-state index < -0.39 is 155 Å². The molecule has 0 N–H and O–H groups in total. The third kappa shape index (κ3) is 8.05. The fourth-order valence-electron chi connectivity index (χ4n) is 7.24. The van der Waals surface area contributed by atoms with Gasteiger partial charge in [0, 0.05) is 39.0 Å². The predicted molar refractivity (Wildman–Crippen MR) is 196 cm³/mol. The largest absolute Gasteiger partial charge is 0.287 e. The molecule has 7 aromatic rings. The summed E-state index contributed by atoms with van der Waals surface area (Å²) in [7, 11) is -1.02. The van der Waals surface area contributed by atoms with Crippen LogP contribution in [0.4, 0.5) is 87.8 Å². The maximum Gasteiger partial charge on any atom is 0.227 e. The molecule has 0 saturated carbocycles. The molecule has 3 nitrogen and oxygen atoms in total. The highest BCUT2D eigenvalue weighted by atomic mass is 32.2. The quantitative estimate of drug-likeness (QED) is 0.0383. The molecule has 25 heteroatoms. The maximum atomic E-state index is 15.4. The Morgan fingerprint density at radius 1 is 0.418 bits per heavy atom. The van der Waals surface area contributed by atoms with Crippen LogP contribution in [0.2, 0.25) is 0 Å². The van der Waals surface area contributed by atoms with Gasteiger partial charge in [0.05, 0.1) is 0 Å². The maximum absolute atomic E-state index is 15.4. The smallest absolute Gasteiger partial charge is 0.227 e. The van der Waals surface area contributed by atoms with Crippen molar-refractivity contribution in [1.82, 2.24) is 0 Å². The number of Topliss-reactive ketones (excluding diaryl/α,β-unsaturated/α-hetero) is 1. The van der Waals surface area contributed by atoms with Crippen molar-refractivity contribution in [1.29, 1.82) is 0 Å². The number of halogens is 20. The molecule has 1 aromatic heterocycles. The van der Waals surface area contributed by atoms with Gasteiger partial charge in [0.1, 0.15) is 52.7 Å². The van der Waals surface area contributed by atoms with Gasteiger partial charge >= 0.3 is 0 Å². The summed E-state index contributed by atoms with van der Waals surface area (Å²) in [4.78, 5) is 13.1. The summed E-state index contributed by atoms with van der Waals surface area (Å²) >= 11 is 0. The number of nitrogens with zero attached hydrogens (tertiary/aromatic N) is 1. The highest BCUT2D eigenvalue weighted by molar-refractivity contribution is 7.84. The van der Waals surface area contributed by atoms with E-state index in [1.807, 2.05) is 47.3 Å². The molecule has 350 valence electrons. The van der Waals surface area contributed by atoms with Crippen LogP contribution in [-0.2, 0) is 17.3 Å². The van der Waals surface area contributed by atoms with Gasteiger partial charge in [-0.1, -0.05) is 18.2 Å². The van der Waals surface area contributed by atoms with E-state index in [-0.39, 0.29) is 5.78 Å². The van der Waals surface area contributed by atoms with Gasteiger partial charge in [-0.05, 0) is 35.7 Å². The Morgan fingerprint density at radius 2 is 0.701 bits per heavy atom. The van der Waals surface area contributed by atoms with Crippen molar-refractivity contribution in [2.45, 2.75) is 11.4 Å². The summed E-state index contributed by atoms with van der Waals surface area (Å²) in [6, 6.07) is 17.0. The number of hydrogen-bond donors (Lipinski definition) is 0. The molecule has 0 amide bonds. The first-order valence-electron chi connectivity index (χ1n) is 17.9. The molecule has 0 bridgehead atoms. The predicted octanol–water partition coefficient (Wildman–Crippen LogP) is 8.59. The lowest BCUT2D eigenvalue weighted by Gasteiger charge is -2.44. The Morgan fingerprint density at radius 3 is 1.00 bits per heavy atom. The van der Waals surface area contributed by atoms with Crippen LogP contribution < -0.4 is 26.4 Å². The first-order valence-corrected chi connectivity index (χ1v) is 19.5. The van der Waals surface area contributed by atoms with Crippen LogP contribution in [0.25, 0.3) is 10.8 Å². The Bertz CT molecular complexity index is 2840. The zero-order valence-corrected chi connectivity index (χ0v) is 33.2. The van der Waals surface area contributed by atoms with Crippen molar-refractivity contribution in [3.05, 3.63) is 189 Å². The minimum Gasteiger partial charge on any atom is -0.287 e. The van der Waals surface area contributed by atoms with E-state index in [0.29, 0.717) is 12.1 Å². The number of aromatic nitrogens is 1. The van der Waals surface area contributed by atoms with Crippen LogP contribution in [0.3, 0.4) is 0 Å². The van der Waals surface area contributed by atoms with E-state index >= 15 is 35.1 Å². The average molecular weight is 989 g/mol. The summed E-state index contributed by atoms with van der Waals surface area (Å²) in [6.07, 6.45) is -1.70. The van der Waals surface area contributed by atoms with Gasteiger partial charge in [-0.15, -0.1) is 21.9 Å². The lowest BCUT2D eigenvalue weighted by atomic mass is 9.12. The van der Waals surface area contributed by atoms with Crippen LogP contribution in [0.5, 0.6) is 0 Å². The molecule has 1 heterocycles. The number of fused-ring (bicyclic) bond motifs is 1. The number of benzene rings is 6. The molecule has 0 saturated heterocycles. The Labute approximate surface area is 362 Å². The third-order valence-corrected chi connectivity index (χ3v) is 11.2. The second-order valence-electron chi connectivity index (χ2n) is 13.9. The number of carbonyl (C=O) groups is 1. The minimum atomic E-state index is -7.22. The Balaban J connectivity index is 0.000000279. The number of pyridine rings is 1. The zero-order valence-electron chi connectivity index (χ0n) is 32.4. The molecule has 0 spiro atoms. The van der Waals surface area contributed by atoms with E-state index in [9.17, 15) is 61.7 Å². The van der Waals surface area contributed by atoms with Crippen LogP contribution >= 0.6 is 0 Å². The third-order valence-electron chi connectivity index (χ3n) is 10.3. The molecule has 0 aliphatic carbocycles. The number of carbonyl (C=O) groups excluding carboxylic acids is 1. The number of ketones is 1. The van der Waals surface area contributed by atoms with Crippen molar-refractivity contribution in [3.63, 3.8) is 0 Å². The van der Waals surface area contributed by atoms with Crippen molar-refractivity contribution in [2.75, 3.05) is 6.26 Å². The molecule has 0 fully saturated rings. The standard InChI is InChI=1S/C24BF20.C18H16NO2S/c26-5-1(6(27)14(35)21(42)13(5)34)25(2-7(28)15(36)22(43)16(37)8(2)29,3-9(30)17(38)23(44)18(39)10(3)31)4-11(32)19(40)24(45)20(41)12(4)33;1-22(21)17-8-6-15(7-9-17)18(20)13-19-11-10-14-4-2-3-5-16(14)12-19/h;2-12H,13H2,1H3/q-1;+1. The highest BCUT2D eigenvalue weighted by Crippen LogP contribution is 2.31. The van der Waals surface area contributed by atoms with Crippen molar-refractivity contribution in [3.8, 4) is 0 Å². The first-order chi connectivity index (χ1) is 31.3. The molecule has 67 heavy (non-hydrogen) atoms. The van der Waals surface area contributed by atoms with Crippen LogP contribution in [-0.4, -0.2) is 22.4 Å². The topological polar surface area (TPSA) is 38.0 Å². The van der Waals surface area contributed by atoms with Gasteiger partial charge in [0.25, 0.3) is 0 Å². The Kier molecular flexibility index (Phi) is 13.7. The second-order valence-corrected chi connectivity index (χ2v) is 15.3. The summed E-state index contributed by atoms with van der Waals surface area (Å²) in [5.74, 6) is -71.4. The fraction of sp³-hybridized carbons (Fsp3) is 0.0476. The van der Waals surface area contributed by atoms with Gasteiger partial charge in [0.2, 0.25) is 12.3 Å². The van der Waals surface area contributed by atoms with Crippen LogP contribution in [0, 0.1) is 116 Å². The highest BCUT2D eigenvalue weighted by Gasteiger charge is 2.52. The molecule has 7 rings (SSSR count). The van der Waals surface area contributed by atoms with Crippen molar-refractivity contribution >= 4 is 55.4 Å². The van der Waals surface area contributed by atoms with E-state index in [1.165, 1.54) is 0 Å². The SMILES string of the molecule is CS(=O)c1ccc(C(=O)C[n+]2ccc3ccccc3c2)cc1.Fc1c(F)c(F)c([B-](c2c(F)c(F)c(F)c(F)c2F)(c2c(F)c(F)c(F)c(F)c2F)c2c(F)c(F)c(F)c(F)c2F)c(F)c1F. The van der Waals surface area contributed by atoms with Crippen molar-refractivity contribution < 1.29 is 101 Å². The molecule has 6 aromatic carbocycles. The fourth-order valence-corrected chi connectivity index (χ4v) is 7.76. The van der Waals surface area contributed by atoms with E-state index in [0.717, 1.165) is 15.7 Å². The minimum absolute atomic E-state index is 0.0358. The molecule has 1 unspecified atom stereocenters. The molecule has 0 aliphatic rings. The lowest BCUT2D eigenvalue weighted by molar-refractivity contribution is -0.681. The normalized spacial score (nSPS) is 12.1. The van der Waals surface area contributed by atoms with Crippen LogP contribution in [0.1, 0.15) is 10.4 Å². The van der Waals surface area contributed by atoms with Gasteiger partial charge in [-0.25, -0.2) is 87.8 Å². The number of rotatable bonds is 8. The summed E-state index contributed by atoms with van der Waals surface area (Å²) in [5.41, 5.74) is -13.7. The first kappa shape index (κ1) is 49.6.